The number of furan rings is 1. The molecular formula is C54H35N3O. The molecule has 0 atom stereocenters. The van der Waals surface area contributed by atoms with Crippen molar-refractivity contribution in [1.82, 2.24) is 15.0 Å². The van der Waals surface area contributed by atoms with Gasteiger partial charge in [0.05, 0.1) is 0 Å². The third kappa shape index (κ3) is 4.85. The van der Waals surface area contributed by atoms with Crippen LogP contribution in [0.25, 0.3) is 111 Å². The molecule has 272 valence electrons. The Bertz CT molecular complexity index is 3450. The van der Waals surface area contributed by atoms with Crippen molar-refractivity contribution < 1.29 is 4.42 Å². The van der Waals surface area contributed by atoms with Crippen molar-refractivity contribution >= 4 is 54.3 Å². The first-order valence-electron chi connectivity index (χ1n) is 19.9. The minimum absolute atomic E-state index is 0.0884. The van der Waals surface area contributed by atoms with Crippen LogP contribution >= 0.6 is 0 Å². The molecule has 4 nitrogen and oxygen atoms in total. The summed E-state index contributed by atoms with van der Waals surface area (Å²) in [6.45, 7) is 4.62. The van der Waals surface area contributed by atoms with Gasteiger partial charge < -0.3 is 4.42 Å². The van der Waals surface area contributed by atoms with Crippen molar-refractivity contribution in [3.05, 3.63) is 187 Å². The standard InChI is InChI=1S/C54H35N3O/c1-54(2)45-18-10-8-15-39(45)44-31-36(25-28-46(44)54)53-56-51(34-22-20-33(21-23-34)32-12-4-3-5-13-32)55-52(57-53)35-24-26-38-41-27-29-48-50(42-17-9-11-19-47(42)58-48)49(41)40-16-7-6-14-37(40)43(38)30-35/h3-31H,1-2H3. The molecule has 9 aromatic carbocycles. The van der Waals surface area contributed by atoms with E-state index in [2.05, 4.69) is 172 Å². The summed E-state index contributed by atoms with van der Waals surface area (Å²) in [4.78, 5) is 15.7. The van der Waals surface area contributed by atoms with Crippen LogP contribution in [0.3, 0.4) is 0 Å². The van der Waals surface area contributed by atoms with E-state index in [1.54, 1.807) is 0 Å². The van der Waals surface area contributed by atoms with Crippen molar-refractivity contribution in [1.29, 1.82) is 0 Å². The molecule has 0 bridgehead atoms. The summed E-state index contributed by atoms with van der Waals surface area (Å²) in [6.07, 6.45) is 0. The van der Waals surface area contributed by atoms with Gasteiger partial charge in [0.1, 0.15) is 11.2 Å². The lowest BCUT2D eigenvalue weighted by Crippen LogP contribution is -2.14. The van der Waals surface area contributed by atoms with Gasteiger partial charge in [0.25, 0.3) is 0 Å². The largest absolute Gasteiger partial charge is 0.456 e. The Labute approximate surface area is 335 Å². The van der Waals surface area contributed by atoms with Crippen LogP contribution in [0.2, 0.25) is 0 Å². The molecule has 0 N–H and O–H groups in total. The lowest BCUT2D eigenvalue weighted by Gasteiger charge is -2.21. The number of benzene rings is 9. The van der Waals surface area contributed by atoms with Crippen molar-refractivity contribution in [2.75, 3.05) is 0 Å². The number of hydrogen-bond donors (Lipinski definition) is 0. The summed E-state index contributed by atoms with van der Waals surface area (Å²) in [5.74, 6) is 1.92. The quantitative estimate of drug-likeness (QED) is 0.169. The number of para-hydroxylation sites is 1. The third-order valence-electron chi connectivity index (χ3n) is 12.3. The molecule has 1 aliphatic carbocycles. The Morgan fingerprint density at radius 2 is 0.879 bits per heavy atom. The molecule has 58 heavy (non-hydrogen) atoms. The predicted octanol–water partition coefficient (Wildman–Crippen LogP) is 14.2. The maximum atomic E-state index is 6.35. The van der Waals surface area contributed by atoms with Crippen LogP contribution < -0.4 is 0 Å². The molecule has 11 aromatic rings. The van der Waals surface area contributed by atoms with Gasteiger partial charge in [-0.05, 0) is 90.6 Å². The fraction of sp³-hybridized carbons (Fsp3) is 0.0556. The Hall–Kier alpha value is -7.43. The molecule has 2 heterocycles. The van der Waals surface area contributed by atoms with Gasteiger partial charge >= 0.3 is 0 Å². The van der Waals surface area contributed by atoms with E-state index in [0.717, 1.165) is 49.6 Å². The summed E-state index contributed by atoms with van der Waals surface area (Å²) in [6, 6.07) is 62.5. The average molecular weight is 742 g/mol. The van der Waals surface area contributed by atoms with E-state index >= 15 is 0 Å². The molecule has 0 fully saturated rings. The van der Waals surface area contributed by atoms with E-state index in [1.807, 2.05) is 18.2 Å². The van der Waals surface area contributed by atoms with Crippen LogP contribution in [-0.2, 0) is 5.41 Å². The predicted molar refractivity (Wildman–Crippen MR) is 239 cm³/mol. The second-order valence-electron chi connectivity index (χ2n) is 15.9. The SMILES string of the molecule is CC1(C)c2ccccc2-c2cc(-c3nc(-c4ccc(-c5ccccc5)cc4)nc(-c4ccc5c(c4)c4ccccc4c4c5ccc5oc6ccccc6c54)n3)ccc21. The van der Waals surface area contributed by atoms with Gasteiger partial charge in [-0.25, -0.2) is 15.0 Å². The molecule has 0 unspecified atom stereocenters. The highest BCUT2D eigenvalue weighted by Crippen LogP contribution is 2.49. The second-order valence-corrected chi connectivity index (χ2v) is 15.9. The zero-order valence-electron chi connectivity index (χ0n) is 32.0. The lowest BCUT2D eigenvalue weighted by molar-refractivity contribution is 0.660. The zero-order chi connectivity index (χ0) is 38.5. The third-order valence-corrected chi connectivity index (χ3v) is 12.3. The van der Waals surface area contributed by atoms with Crippen LogP contribution in [-0.4, -0.2) is 15.0 Å². The van der Waals surface area contributed by atoms with Crippen molar-refractivity contribution in [3.8, 4) is 56.4 Å². The summed E-state index contributed by atoms with van der Waals surface area (Å²) >= 11 is 0. The van der Waals surface area contributed by atoms with E-state index in [-0.39, 0.29) is 5.41 Å². The first-order valence-corrected chi connectivity index (χ1v) is 19.9. The van der Waals surface area contributed by atoms with Gasteiger partial charge in [-0.1, -0.05) is 159 Å². The number of fused-ring (bicyclic) bond motifs is 13. The molecule has 0 amide bonds. The summed E-state index contributed by atoms with van der Waals surface area (Å²) in [5.41, 5.74) is 12.0. The van der Waals surface area contributed by atoms with Crippen LogP contribution in [0.5, 0.6) is 0 Å². The molecule has 0 aliphatic heterocycles. The summed E-state index contributed by atoms with van der Waals surface area (Å²) < 4.78 is 6.35. The van der Waals surface area contributed by atoms with Crippen molar-refractivity contribution in [2.45, 2.75) is 19.3 Å². The maximum absolute atomic E-state index is 6.35. The van der Waals surface area contributed by atoms with Crippen molar-refractivity contribution in [2.24, 2.45) is 0 Å². The monoisotopic (exact) mass is 741 g/mol. The topological polar surface area (TPSA) is 51.8 Å². The Balaban J connectivity index is 1.07. The fourth-order valence-corrected chi connectivity index (χ4v) is 9.46. The van der Waals surface area contributed by atoms with Crippen LogP contribution in [0.15, 0.2) is 180 Å². The maximum Gasteiger partial charge on any atom is 0.164 e. The Morgan fingerprint density at radius 1 is 0.345 bits per heavy atom. The van der Waals surface area contributed by atoms with E-state index in [0.29, 0.717) is 17.5 Å². The Morgan fingerprint density at radius 3 is 1.69 bits per heavy atom. The molecule has 0 saturated carbocycles. The van der Waals surface area contributed by atoms with Crippen LogP contribution in [0.4, 0.5) is 0 Å². The number of aromatic nitrogens is 3. The average Bonchev–Trinajstić information content (AvgIpc) is 3.78. The number of nitrogens with zero attached hydrogens (tertiary/aromatic N) is 3. The molecule has 0 spiro atoms. The van der Waals surface area contributed by atoms with Gasteiger partial charge in [0, 0.05) is 38.3 Å². The minimum Gasteiger partial charge on any atom is -0.456 e. The smallest absolute Gasteiger partial charge is 0.164 e. The highest BCUT2D eigenvalue weighted by atomic mass is 16.3. The number of hydrogen-bond acceptors (Lipinski definition) is 4. The van der Waals surface area contributed by atoms with Crippen LogP contribution in [0, 0.1) is 0 Å². The molecule has 4 heteroatoms. The first-order chi connectivity index (χ1) is 28.5. The molecule has 0 saturated heterocycles. The number of rotatable bonds is 4. The van der Waals surface area contributed by atoms with Crippen molar-refractivity contribution in [3.63, 3.8) is 0 Å². The molecular weight excluding hydrogens is 707 g/mol. The molecule has 2 aromatic heterocycles. The van der Waals surface area contributed by atoms with E-state index < -0.39 is 0 Å². The van der Waals surface area contributed by atoms with E-state index in [9.17, 15) is 0 Å². The van der Waals surface area contributed by atoms with E-state index in [4.69, 9.17) is 19.4 Å². The second kappa shape index (κ2) is 12.3. The fourth-order valence-electron chi connectivity index (χ4n) is 9.46. The van der Waals surface area contributed by atoms with Gasteiger partial charge in [-0.15, -0.1) is 0 Å². The molecule has 12 rings (SSSR count). The molecule has 0 radical (unpaired) electrons. The molecule has 1 aliphatic rings. The highest BCUT2D eigenvalue weighted by Gasteiger charge is 2.35. The summed E-state index contributed by atoms with van der Waals surface area (Å²) in [7, 11) is 0. The van der Waals surface area contributed by atoms with Crippen LogP contribution in [0.1, 0.15) is 25.0 Å². The van der Waals surface area contributed by atoms with Gasteiger partial charge in [-0.3, -0.25) is 0 Å². The van der Waals surface area contributed by atoms with Gasteiger partial charge in [0.15, 0.2) is 17.5 Å². The lowest BCUT2D eigenvalue weighted by atomic mass is 9.82. The van der Waals surface area contributed by atoms with Gasteiger partial charge in [-0.2, -0.15) is 0 Å². The van der Waals surface area contributed by atoms with Gasteiger partial charge in [0.2, 0.25) is 0 Å². The normalized spacial score (nSPS) is 13.1. The minimum atomic E-state index is -0.0884. The highest BCUT2D eigenvalue weighted by molar-refractivity contribution is 6.34. The Kier molecular flexibility index (Phi) is 6.94. The summed E-state index contributed by atoms with van der Waals surface area (Å²) in [5, 5.41) is 9.38. The first kappa shape index (κ1) is 32.8. The zero-order valence-corrected chi connectivity index (χ0v) is 32.0. The van der Waals surface area contributed by atoms with E-state index in [1.165, 1.54) is 54.7 Å².